The van der Waals surface area contributed by atoms with Gasteiger partial charge in [-0.1, -0.05) is 89.8 Å². The number of hydrogen-bond donors (Lipinski definition) is 0. The zero-order chi connectivity index (χ0) is 35.4. The molecule has 6 rings (SSSR count). The van der Waals surface area contributed by atoms with Crippen LogP contribution in [0.3, 0.4) is 0 Å². The van der Waals surface area contributed by atoms with Crippen LogP contribution in [0.15, 0.2) is 121 Å². The quantitative estimate of drug-likeness (QED) is 0.0916. The Morgan fingerprint density at radius 2 is 1.00 bits per heavy atom. The van der Waals surface area contributed by atoms with E-state index >= 15 is 0 Å². The van der Waals surface area contributed by atoms with E-state index in [4.69, 9.17) is 0 Å². The molecule has 0 atom stereocenters. The van der Waals surface area contributed by atoms with Crippen LogP contribution < -0.4 is 9.80 Å². The molecule has 1 aliphatic rings. The Balaban J connectivity index is 0.000000366. The summed E-state index contributed by atoms with van der Waals surface area (Å²) in [5.74, 6) is 0. The van der Waals surface area contributed by atoms with Crippen molar-refractivity contribution in [1.82, 2.24) is 0 Å². The normalized spacial score (nSPS) is 11.2. The van der Waals surface area contributed by atoms with Gasteiger partial charge in [0.05, 0.1) is 0 Å². The second-order valence-electron chi connectivity index (χ2n) is 13.2. The van der Waals surface area contributed by atoms with Gasteiger partial charge in [0.25, 0.3) is 0 Å². The topological polar surface area (TPSA) is 6.48 Å². The van der Waals surface area contributed by atoms with Crippen LogP contribution in [0.2, 0.25) is 0 Å². The van der Waals surface area contributed by atoms with Crippen molar-refractivity contribution < 1.29 is 24.2 Å². The number of fused-ring (bicyclic) bond motifs is 3. The van der Waals surface area contributed by atoms with Gasteiger partial charge in [0.1, 0.15) is 0 Å². The number of allylic oxidation sites excluding steroid dienone is 4. The first-order valence-electron chi connectivity index (χ1n) is 19.1. The second-order valence-corrected chi connectivity index (χ2v) is 14.4. The molecule has 0 spiro atoms. The molecular weight excluding hydrogens is 755 g/mol. The number of halogens is 2. The van der Waals surface area contributed by atoms with Crippen molar-refractivity contribution in [1.29, 1.82) is 0 Å². The van der Waals surface area contributed by atoms with Crippen LogP contribution in [0.4, 0.5) is 11.4 Å². The molecule has 0 saturated carbocycles. The number of unbranched alkanes of at least 4 members (excludes halogenated alkanes) is 4. The van der Waals surface area contributed by atoms with Gasteiger partial charge >= 0.3 is 99.2 Å². The molecule has 0 bridgehead atoms. The average Bonchev–Trinajstić information content (AvgIpc) is 3.87. The molecule has 0 fully saturated rings. The van der Waals surface area contributed by atoms with Crippen LogP contribution in [0.1, 0.15) is 96.6 Å². The monoisotopic (exact) mass is 812 g/mol. The number of benzene rings is 4. The molecule has 0 saturated heterocycles. The molecule has 5 heteroatoms. The minimum absolute atomic E-state index is 0. The van der Waals surface area contributed by atoms with E-state index in [0.717, 1.165) is 32.6 Å². The Kier molecular flexibility index (Phi) is 22.7. The van der Waals surface area contributed by atoms with Gasteiger partial charge in [0, 0.05) is 37.6 Å². The average molecular weight is 815 g/mol. The zero-order valence-electron chi connectivity index (χ0n) is 32.0. The minimum atomic E-state index is 0. The van der Waals surface area contributed by atoms with Crippen LogP contribution in [0.5, 0.6) is 0 Å². The summed E-state index contributed by atoms with van der Waals surface area (Å²) in [5.41, 5.74) is 5.43. The van der Waals surface area contributed by atoms with E-state index in [0.29, 0.717) is 0 Å². The maximum absolute atomic E-state index is 2.99. The molecule has 5 aromatic rings. The number of nitrogens with zero attached hydrogens (tertiary/aromatic N) is 2. The zero-order valence-corrected chi connectivity index (χ0v) is 36.0. The fraction of sp³-hybridized carbons (Fsp3) is 0.362. The van der Waals surface area contributed by atoms with Gasteiger partial charge in [-0.2, -0.15) is 6.08 Å². The predicted octanol–water partition coefficient (Wildman–Crippen LogP) is 13.5. The first-order valence-corrected chi connectivity index (χ1v) is 20.4. The molecule has 0 unspecified atom stereocenters. The molecule has 0 radical (unpaired) electrons. The third-order valence-electron chi connectivity index (χ3n) is 9.24. The molecule has 0 N–H and O–H groups in total. The molecule has 0 aromatic heterocycles. The first-order chi connectivity index (χ1) is 24.6. The molecule has 52 heavy (non-hydrogen) atoms. The van der Waals surface area contributed by atoms with Crippen molar-refractivity contribution in [2.45, 2.75) is 85.5 Å². The van der Waals surface area contributed by atoms with Crippen LogP contribution in [-0.4, -0.2) is 29.4 Å². The molecule has 2 nitrogen and oxygen atoms in total. The van der Waals surface area contributed by atoms with Crippen molar-refractivity contribution in [2.24, 2.45) is 0 Å². The van der Waals surface area contributed by atoms with E-state index in [1.807, 2.05) is 12.2 Å². The molecule has 0 heterocycles. The van der Waals surface area contributed by atoms with Crippen molar-refractivity contribution in [2.75, 3.05) is 36.0 Å². The Labute approximate surface area is 342 Å². The van der Waals surface area contributed by atoms with Gasteiger partial charge in [-0.05, 0) is 25.7 Å². The Hall–Kier alpha value is -2.84. The van der Waals surface area contributed by atoms with Gasteiger partial charge in [0.15, 0.2) is 0 Å². The van der Waals surface area contributed by atoms with Gasteiger partial charge in [0.2, 0.25) is 0 Å². The third-order valence-corrected chi connectivity index (χ3v) is 10.7. The summed E-state index contributed by atoms with van der Waals surface area (Å²) in [6.45, 7) is 13.8. The van der Waals surface area contributed by atoms with Crippen LogP contribution in [0.25, 0.3) is 21.5 Å². The fourth-order valence-corrected chi connectivity index (χ4v) is 7.06. The Bertz CT molecular complexity index is 1620. The van der Waals surface area contributed by atoms with E-state index in [1.54, 1.807) is 0 Å². The summed E-state index contributed by atoms with van der Waals surface area (Å²) >= 11 is 1.46. The van der Waals surface area contributed by atoms with E-state index in [2.05, 4.69) is 153 Å². The van der Waals surface area contributed by atoms with Crippen molar-refractivity contribution in [3.8, 4) is 0 Å². The summed E-state index contributed by atoms with van der Waals surface area (Å²) in [5, 5.41) is 5.56. The first kappa shape index (κ1) is 45.3. The number of hydrogen-bond acceptors (Lipinski definition) is 2. The van der Waals surface area contributed by atoms with E-state index in [1.165, 1.54) is 123 Å². The van der Waals surface area contributed by atoms with Crippen LogP contribution in [0, 0.1) is 6.08 Å². The summed E-state index contributed by atoms with van der Waals surface area (Å²) in [6.07, 6.45) is 20.1. The predicted molar refractivity (Wildman–Crippen MR) is 233 cm³/mol. The Morgan fingerprint density at radius 3 is 1.31 bits per heavy atom. The molecule has 1 aliphatic carbocycles. The summed E-state index contributed by atoms with van der Waals surface area (Å²) in [7, 11) is 0. The molecule has 5 aromatic carbocycles. The van der Waals surface area contributed by atoms with Crippen LogP contribution >= 0.6 is 24.8 Å². The van der Waals surface area contributed by atoms with E-state index < -0.39 is 0 Å². The van der Waals surface area contributed by atoms with E-state index in [9.17, 15) is 0 Å². The Morgan fingerprint density at radius 1 is 0.596 bits per heavy atom. The summed E-state index contributed by atoms with van der Waals surface area (Å²) in [4.78, 5) is 5.18. The molecular formula is C47H60Cl2N2Zr. The van der Waals surface area contributed by atoms with Crippen LogP contribution in [-0.2, 0) is 24.2 Å². The molecule has 276 valence electrons. The molecule has 0 aliphatic heterocycles. The van der Waals surface area contributed by atoms with Gasteiger partial charge in [-0.25, -0.2) is 12.2 Å². The number of anilines is 2. The second kappa shape index (κ2) is 26.0. The maximum atomic E-state index is 2.99. The van der Waals surface area contributed by atoms with Gasteiger partial charge < -0.3 is 9.80 Å². The van der Waals surface area contributed by atoms with Crippen molar-refractivity contribution >= 4 is 60.9 Å². The van der Waals surface area contributed by atoms with Gasteiger partial charge in [-0.3, -0.25) is 6.08 Å². The SMILES string of the molecule is CCCCN(CCCC)c1ccc2c(c1)[cH-]c1cc(N(CCCC)CCCC)ccc12.Cl.Cl.[C-]1=CC=CC1.[Zr+2]=[C](c1ccccc1)c1ccccc1. The van der Waals surface area contributed by atoms with Crippen molar-refractivity contribution in [3.05, 3.63) is 139 Å². The third kappa shape index (κ3) is 14.2. The molecule has 0 amide bonds. The summed E-state index contributed by atoms with van der Waals surface area (Å²) < 4.78 is 1.42. The van der Waals surface area contributed by atoms with E-state index in [-0.39, 0.29) is 24.8 Å². The number of rotatable bonds is 16. The van der Waals surface area contributed by atoms with Crippen molar-refractivity contribution in [3.63, 3.8) is 0 Å². The standard InChI is InChI=1S/C29H43N2.C13H10.C5H5.2ClH.Zr/c1-5-9-17-30(18-10-6-2)26-13-15-28-24(22-26)21-25-23-27(14-16-29(25)28)31(19-11-7-3)20-12-8-4;1-3-7-12(8-4-1)11-13-9-5-2-6-10-13;1-2-4-5-3-1;;;/h13-16,21-23H,5-12,17-20H2,1-4H3;1-10H;1-3H,4H2;2*1H;/q-1;;-1;;;+2. The van der Waals surface area contributed by atoms with Gasteiger partial charge in [-0.15, -0.1) is 58.8 Å². The fourth-order valence-electron chi connectivity index (χ4n) is 6.24. The summed E-state index contributed by atoms with van der Waals surface area (Å²) in [6, 6.07) is 37.7.